The lowest BCUT2D eigenvalue weighted by Crippen LogP contribution is -2.10. The summed E-state index contributed by atoms with van der Waals surface area (Å²) in [6.45, 7) is 0. The van der Waals surface area contributed by atoms with E-state index < -0.39 is 0 Å². The van der Waals surface area contributed by atoms with Gasteiger partial charge < -0.3 is 4.90 Å². The average molecular weight is 786 g/mol. The van der Waals surface area contributed by atoms with Gasteiger partial charge >= 0.3 is 0 Å². The third-order valence-electron chi connectivity index (χ3n) is 11.9. The van der Waals surface area contributed by atoms with Crippen LogP contribution in [0.2, 0.25) is 0 Å². The lowest BCUT2D eigenvalue weighted by Gasteiger charge is -2.27. The maximum absolute atomic E-state index is 2.47. The van der Waals surface area contributed by atoms with E-state index in [2.05, 4.69) is 217 Å². The molecule has 12 rings (SSSR count). The van der Waals surface area contributed by atoms with Crippen LogP contribution in [0.1, 0.15) is 0 Å². The first kappa shape index (κ1) is 34.0. The van der Waals surface area contributed by atoms with E-state index in [1.165, 1.54) is 101 Å². The number of thiophene rings is 2. The second kappa shape index (κ2) is 13.8. The van der Waals surface area contributed by atoms with Crippen LogP contribution in [0, 0.1) is 0 Å². The van der Waals surface area contributed by atoms with Crippen molar-refractivity contribution < 1.29 is 0 Å². The molecule has 10 aromatic carbocycles. The fourth-order valence-corrected chi connectivity index (χ4v) is 11.4. The maximum atomic E-state index is 2.47. The van der Waals surface area contributed by atoms with Gasteiger partial charge in [0.1, 0.15) is 0 Å². The van der Waals surface area contributed by atoms with Crippen LogP contribution in [-0.4, -0.2) is 0 Å². The van der Waals surface area contributed by atoms with Crippen LogP contribution in [0.15, 0.2) is 212 Å². The van der Waals surface area contributed by atoms with Gasteiger partial charge in [0.05, 0.1) is 10.4 Å². The van der Waals surface area contributed by atoms with Crippen molar-refractivity contribution in [1.82, 2.24) is 0 Å². The molecule has 0 aliphatic rings. The summed E-state index contributed by atoms with van der Waals surface area (Å²) < 4.78 is 5.20. The Balaban J connectivity index is 1.08. The lowest BCUT2D eigenvalue weighted by molar-refractivity contribution is 1.30. The van der Waals surface area contributed by atoms with Crippen LogP contribution >= 0.6 is 22.7 Å². The average Bonchev–Trinajstić information content (AvgIpc) is 3.88. The monoisotopic (exact) mass is 785 g/mol. The van der Waals surface area contributed by atoms with Crippen LogP contribution in [0.4, 0.5) is 17.1 Å². The van der Waals surface area contributed by atoms with E-state index in [9.17, 15) is 0 Å². The minimum absolute atomic E-state index is 1.11. The van der Waals surface area contributed by atoms with E-state index in [0.29, 0.717) is 0 Å². The molecule has 0 fully saturated rings. The van der Waals surface area contributed by atoms with Gasteiger partial charge in [0.2, 0.25) is 0 Å². The molecule has 2 aromatic heterocycles. The SMILES string of the molecule is c1ccc(-c2ccc(N(c3ccc(-c4cc5ccccc5c5ccccc45)cc3)c3cccc4c3sc3ccccc34)cc2-c2ccc3sc4ccccc4c3c2)cc1. The Labute approximate surface area is 350 Å². The normalized spacial score (nSPS) is 11.7. The van der Waals surface area contributed by atoms with Gasteiger partial charge in [0, 0.05) is 47.0 Å². The smallest absolute Gasteiger partial charge is 0.0640 e. The molecule has 0 spiro atoms. The number of benzene rings is 10. The maximum Gasteiger partial charge on any atom is 0.0640 e. The Hall–Kier alpha value is -7.04. The molecule has 0 amide bonds. The molecule has 0 radical (unpaired) electrons. The van der Waals surface area contributed by atoms with Crippen molar-refractivity contribution in [2.75, 3.05) is 4.90 Å². The molecule has 2 heterocycles. The Kier molecular flexibility index (Phi) is 7.97. The van der Waals surface area contributed by atoms with Gasteiger partial charge in [0.15, 0.2) is 0 Å². The van der Waals surface area contributed by atoms with Crippen LogP contribution < -0.4 is 4.90 Å². The zero-order valence-corrected chi connectivity index (χ0v) is 33.6. The highest BCUT2D eigenvalue weighted by Gasteiger charge is 2.21. The van der Waals surface area contributed by atoms with Gasteiger partial charge in [-0.15, -0.1) is 22.7 Å². The van der Waals surface area contributed by atoms with E-state index in [1.54, 1.807) is 0 Å². The van der Waals surface area contributed by atoms with E-state index >= 15 is 0 Å². The minimum atomic E-state index is 1.11. The minimum Gasteiger partial charge on any atom is -0.309 e. The molecular formula is C56H35NS2. The second-order valence-electron chi connectivity index (χ2n) is 15.2. The highest BCUT2D eigenvalue weighted by atomic mass is 32.1. The van der Waals surface area contributed by atoms with Crippen LogP contribution in [-0.2, 0) is 0 Å². The second-order valence-corrected chi connectivity index (χ2v) is 17.4. The molecule has 0 saturated carbocycles. The van der Waals surface area contributed by atoms with Crippen molar-refractivity contribution in [1.29, 1.82) is 0 Å². The molecule has 1 nitrogen and oxygen atoms in total. The Morgan fingerprint density at radius 3 is 1.69 bits per heavy atom. The lowest BCUT2D eigenvalue weighted by atomic mass is 9.92. The molecule has 0 N–H and O–H groups in total. The van der Waals surface area contributed by atoms with Gasteiger partial charge in [-0.3, -0.25) is 0 Å². The number of hydrogen-bond donors (Lipinski definition) is 0. The van der Waals surface area contributed by atoms with Gasteiger partial charge in [-0.25, -0.2) is 0 Å². The summed E-state index contributed by atoms with van der Waals surface area (Å²) in [6.07, 6.45) is 0. The molecule has 59 heavy (non-hydrogen) atoms. The summed E-state index contributed by atoms with van der Waals surface area (Å²) in [5, 5.41) is 10.3. The standard InChI is InChI=1S/C56H35NS2/c1-2-13-36(14-3-1)43-31-30-41(35-50(43)39-27-32-55-51(34-39)47-20-9-10-23-53(47)58-55)57(52-22-12-21-48-46-19-8-11-24-54(46)59-56(48)52)40-28-25-37(26-29-40)49-33-38-15-4-5-16-42(38)44-17-6-7-18-45(44)49/h1-35H. The fourth-order valence-electron chi connectivity index (χ4n) is 9.09. The van der Waals surface area contributed by atoms with Crippen molar-refractivity contribution in [3.63, 3.8) is 0 Å². The summed E-state index contributed by atoms with van der Waals surface area (Å²) in [6, 6.07) is 78.3. The summed E-state index contributed by atoms with van der Waals surface area (Å²) in [5.74, 6) is 0. The van der Waals surface area contributed by atoms with E-state index in [1.807, 2.05) is 22.7 Å². The van der Waals surface area contributed by atoms with Crippen molar-refractivity contribution >= 4 is 102 Å². The van der Waals surface area contributed by atoms with E-state index in [-0.39, 0.29) is 0 Å². The van der Waals surface area contributed by atoms with Gasteiger partial charge in [-0.2, -0.15) is 0 Å². The largest absolute Gasteiger partial charge is 0.309 e. The molecule has 0 aliphatic carbocycles. The molecule has 276 valence electrons. The van der Waals surface area contributed by atoms with Crippen molar-refractivity contribution in [3.8, 4) is 33.4 Å². The van der Waals surface area contributed by atoms with E-state index in [0.717, 1.165) is 11.4 Å². The third-order valence-corrected chi connectivity index (χ3v) is 14.2. The zero-order chi connectivity index (χ0) is 38.9. The molecule has 0 atom stereocenters. The molecule has 0 saturated heterocycles. The Bertz CT molecular complexity index is 3560. The molecule has 12 aromatic rings. The topological polar surface area (TPSA) is 3.24 Å². The number of rotatable bonds is 6. The number of anilines is 3. The first-order valence-corrected chi connectivity index (χ1v) is 21.7. The number of fused-ring (bicyclic) bond motifs is 9. The fraction of sp³-hybridized carbons (Fsp3) is 0. The molecule has 3 heteroatoms. The van der Waals surface area contributed by atoms with E-state index in [4.69, 9.17) is 0 Å². The number of nitrogens with zero attached hydrogens (tertiary/aromatic N) is 1. The summed E-state index contributed by atoms with van der Waals surface area (Å²) in [7, 11) is 0. The first-order chi connectivity index (χ1) is 29.2. The summed E-state index contributed by atoms with van der Waals surface area (Å²) in [5.41, 5.74) is 10.7. The number of hydrogen-bond acceptors (Lipinski definition) is 3. The van der Waals surface area contributed by atoms with Crippen LogP contribution in [0.3, 0.4) is 0 Å². The highest BCUT2D eigenvalue weighted by molar-refractivity contribution is 7.26. The van der Waals surface area contributed by atoms with Crippen LogP contribution in [0.5, 0.6) is 0 Å². The van der Waals surface area contributed by atoms with Gasteiger partial charge in [0.25, 0.3) is 0 Å². The molecule has 0 unspecified atom stereocenters. The zero-order valence-electron chi connectivity index (χ0n) is 32.0. The predicted molar refractivity (Wildman–Crippen MR) is 258 cm³/mol. The molecule has 0 bridgehead atoms. The summed E-state index contributed by atoms with van der Waals surface area (Å²) in [4.78, 5) is 2.47. The van der Waals surface area contributed by atoms with Gasteiger partial charge in [-0.1, -0.05) is 152 Å². The third kappa shape index (κ3) is 5.66. The Morgan fingerprint density at radius 2 is 0.881 bits per heavy atom. The van der Waals surface area contributed by atoms with Crippen molar-refractivity contribution in [3.05, 3.63) is 212 Å². The molecular weight excluding hydrogens is 751 g/mol. The highest BCUT2D eigenvalue weighted by Crippen LogP contribution is 2.48. The van der Waals surface area contributed by atoms with Crippen molar-refractivity contribution in [2.24, 2.45) is 0 Å². The first-order valence-electron chi connectivity index (χ1n) is 20.1. The molecule has 0 aliphatic heterocycles. The van der Waals surface area contributed by atoms with Gasteiger partial charge in [-0.05, 0) is 116 Å². The summed E-state index contributed by atoms with van der Waals surface area (Å²) >= 11 is 3.74. The quantitative estimate of drug-likeness (QED) is 0.152. The predicted octanol–water partition coefficient (Wildman–Crippen LogP) is 17.2. The van der Waals surface area contributed by atoms with Crippen LogP contribution in [0.25, 0.3) is 95.3 Å². The Morgan fingerprint density at radius 1 is 0.288 bits per heavy atom. The van der Waals surface area contributed by atoms with Crippen molar-refractivity contribution in [2.45, 2.75) is 0 Å².